The zero-order valence-electron chi connectivity index (χ0n) is 15.2. The summed E-state index contributed by atoms with van der Waals surface area (Å²) in [6.07, 6.45) is 0. The highest BCUT2D eigenvalue weighted by Gasteiger charge is 2.14. The van der Waals surface area contributed by atoms with Crippen LogP contribution in [0.3, 0.4) is 0 Å². The quantitative estimate of drug-likeness (QED) is 0.806. The van der Waals surface area contributed by atoms with Crippen LogP contribution in [0.15, 0.2) is 42.5 Å². The Morgan fingerprint density at radius 3 is 2.46 bits per heavy atom. The van der Waals surface area contributed by atoms with Crippen molar-refractivity contribution in [2.75, 3.05) is 24.6 Å². The Balaban J connectivity index is 1.85. The Labute approximate surface area is 158 Å². The lowest BCUT2D eigenvalue weighted by Gasteiger charge is -2.24. The number of amides is 2. The van der Waals surface area contributed by atoms with Crippen LogP contribution >= 0.6 is 11.6 Å². The smallest absolute Gasteiger partial charge is 0.258 e. The molecule has 138 valence electrons. The number of ether oxygens (including phenoxy) is 1. The lowest BCUT2D eigenvalue weighted by Crippen LogP contribution is -2.39. The zero-order valence-corrected chi connectivity index (χ0v) is 16.0. The van der Waals surface area contributed by atoms with Gasteiger partial charge in [-0.05, 0) is 55.3 Å². The molecule has 0 atom stereocenters. The highest BCUT2D eigenvalue weighted by Crippen LogP contribution is 2.22. The third-order valence-electron chi connectivity index (χ3n) is 4.09. The minimum atomic E-state index is -0.246. The van der Waals surface area contributed by atoms with Crippen LogP contribution in [0.1, 0.15) is 18.1 Å². The van der Waals surface area contributed by atoms with Crippen LogP contribution in [0.2, 0.25) is 5.02 Å². The van der Waals surface area contributed by atoms with Gasteiger partial charge in [0.15, 0.2) is 6.61 Å². The second kappa shape index (κ2) is 9.25. The Morgan fingerprint density at radius 2 is 1.81 bits per heavy atom. The summed E-state index contributed by atoms with van der Waals surface area (Å²) < 4.78 is 5.40. The van der Waals surface area contributed by atoms with E-state index in [1.165, 1.54) is 6.92 Å². The molecule has 0 heterocycles. The maximum absolute atomic E-state index is 12.0. The number of benzene rings is 2. The average Bonchev–Trinajstić information content (AvgIpc) is 2.61. The average molecular weight is 375 g/mol. The van der Waals surface area contributed by atoms with E-state index < -0.39 is 0 Å². The molecule has 0 fully saturated rings. The van der Waals surface area contributed by atoms with Crippen LogP contribution in [-0.4, -0.2) is 31.5 Å². The predicted molar refractivity (Wildman–Crippen MR) is 104 cm³/mol. The van der Waals surface area contributed by atoms with E-state index in [0.717, 1.165) is 16.8 Å². The number of nitrogens with zero attached hydrogens (tertiary/aromatic N) is 1. The van der Waals surface area contributed by atoms with Crippen LogP contribution < -0.4 is 15.0 Å². The standard InChI is InChI=1S/C20H23ClN2O3/c1-14-5-4-6-19(15(14)2)23(16(3)24)12-11-22-20(25)13-26-18-9-7-17(21)8-10-18/h4-10H,11-13H2,1-3H3,(H,22,25). The van der Waals surface area contributed by atoms with Gasteiger partial charge in [0.1, 0.15) is 5.75 Å². The van der Waals surface area contributed by atoms with Gasteiger partial charge in [0, 0.05) is 30.7 Å². The summed E-state index contributed by atoms with van der Waals surface area (Å²) in [5, 5.41) is 3.38. The van der Waals surface area contributed by atoms with E-state index >= 15 is 0 Å². The maximum Gasteiger partial charge on any atom is 0.258 e. The molecule has 6 heteroatoms. The highest BCUT2D eigenvalue weighted by molar-refractivity contribution is 6.30. The first-order valence-corrected chi connectivity index (χ1v) is 8.75. The molecule has 1 N–H and O–H groups in total. The van der Waals surface area contributed by atoms with E-state index in [2.05, 4.69) is 5.32 Å². The fraction of sp³-hybridized carbons (Fsp3) is 0.300. The number of aryl methyl sites for hydroxylation is 1. The van der Waals surface area contributed by atoms with Gasteiger partial charge in [-0.3, -0.25) is 9.59 Å². The van der Waals surface area contributed by atoms with E-state index in [0.29, 0.717) is 23.9 Å². The Kier molecular flexibility index (Phi) is 7.04. The van der Waals surface area contributed by atoms with Gasteiger partial charge in [-0.2, -0.15) is 0 Å². The van der Waals surface area contributed by atoms with Gasteiger partial charge in [0.05, 0.1) is 0 Å². The largest absolute Gasteiger partial charge is 0.484 e. The molecule has 0 aliphatic rings. The molecule has 0 aliphatic carbocycles. The van der Waals surface area contributed by atoms with E-state index in [9.17, 15) is 9.59 Å². The topological polar surface area (TPSA) is 58.6 Å². The molecule has 2 aromatic rings. The summed E-state index contributed by atoms with van der Waals surface area (Å²) in [6.45, 7) is 6.16. The lowest BCUT2D eigenvalue weighted by molar-refractivity contribution is -0.123. The van der Waals surface area contributed by atoms with E-state index in [-0.39, 0.29) is 18.4 Å². The molecule has 0 unspecified atom stereocenters. The second-order valence-electron chi connectivity index (χ2n) is 5.98. The molecule has 0 saturated heterocycles. The van der Waals surface area contributed by atoms with Gasteiger partial charge < -0.3 is 15.0 Å². The van der Waals surface area contributed by atoms with Gasteiger partial charge in [-0.15, -0.1) is 0 Å². The summed E-state index contributed by atoms with van der Waals surface area (Å²) in [4.78, 5) is 25.6. The molecular formula is C20H23ClN2O3. The first kappa shape index (κ1) is 19.8. The fourth-order valence-corrected chi connectivity index (χ4v) is 2.64. The van der Waals surface area contributed by atoms with Gasteiger partial charge in [0.25, 0.3) is 5.91 Å². The molecule has 26 heavy (non-hydrogen) atoms. The maximum atomic E-state index is 12.0. The third kappa shape index (κ3) is 5.49. The number of anilines is 1. The molecular weight excluding hydrogens is 352 g/mol. The van der Waals surface area contributed by atoms with Crippen molar-refractivity contribution in [2.24, 2.45) is 0 Å². The van der Waals surface area contributed by atoms with Crippen molar-refractivity contribution in [3.63, 3.8) is 0 Å². The summed E-state index contributed by atoms with van der Waals surface area (Å²) in [6, 6.07) is 12.6. The molecule has 0 bridgehead atoms. The van der Waals surface area contributed by atoms with Gasteiger partial charge >= 0.3 is 0 Å². The van der Waals surface area contributed by atoms with Crippen molar-refractivity contribution in [1.82, 2.24) is 5.32 Å². The van der Waals surface area contributed by atoms with Crippen molar-refractivity contribution in [3.8, 4) is 5.75 Å². The normalized spacial score (nSPS) is 10.3. The number of nitrogens with one attached hydrogen (secondary N) is 1. The Morgan fingerprint density at radius 1 is 1.12 bits per heavy atom. The number of carbonyl (C=O) groups excluding carboxylic acids is 2. The van der Waals surface area contributed by atoms with E-state index in [4.69, 9.17) is 16.3 Å². The Hall–Kier alpha value is -2.53. The molecule has 2 aromatic carbocycles. The summed E-state index contributed by atoms with van der Waals surface area (Å²) in [5.74, 6) is 0.264. The molecule has 0 saturated carbocycles. The number of rotatable bonds is 7. The van der Waals surface area contributed by atoms with Crippen LogP contribution in [0.4, 0.5) is 5.69 Å². The molecule has 0 radical (unpaired) electrons. The molecule has 0 aliphatic heterocycles. The highest BCUT2D eigenvalue weighted by atomic mass is 35.5. The minimum absolute atomic E-state index is 0.0645. The molecule has 2 rings (SSSR count). The SMILES string of the molecule is CC(=O)N(CCNC(=O)COc1ccc(Cl)cc1)c1cccc(C)c1C. The molecule has 2 amide bonds. The second-order valence-corrected chi connectivity index (χ2v) is 6.42. The third-order valence-corrected chi connectivity index (χ3v) is 4.34. The number of hydrogen-bond acceptors (Lipinski definition) is 3. The Bertz CT molecular complexity index is 775. The van der Waals surface area contributed by atoms with E-state index in [1.54, 1.807) is 29.2 Å². The number of halogens is 1. The summed E-state index contributed by atoms with van der Waals surface area (Å²) >= 11 is 5.80. The first-order chi connectivity index (χ1) is 12.4. The van der Waals surface area contributed by atoms with Crippen molar-refractivity contribution in [1.29, 1.82) is 0 Å². The van der Waals surface area contributed by atoms with Crippen molar-refractivity contribution in [3.05, 3.63) is 58.6 Å². The van der Waals surface area contributed by atoms with Crippen molar-refractivity contribution < 1.29 is 14.3 Å². The van der Waals surface area contributed by atoms with Crippen LogP contribution in [-0.2, 0) is 9.59 Å². The lowest BCUT2D eigenvalue weighted by atomic mass is 10.1. The van der Waals surface area contributed by atoms with Gasteiger partial charge in [-0.1, -0.05) is 23.7 Å². The monoisotopic (exact) mass is 374 g/mol. The molecule has 0 aromatic heterocycles. The van der Waals surface area contributed by atoms with E-state index in [1.807, 2.05) is 32.0 Å². The first-order valence-electron chi connectivity index (χ1n) is 8.38. The zero-order chi connectivity index (χ0) is 19.1. The molecule has 5 nitrogen and oxygen atoms in total. The summed E-state index contributed by atoms with van der Waals surface area (Å²) in [7, 11) is 0. The van der Waals surface area contributed by atoms with Gasteiger partial charge in [-0.25, -0.2) is 0 Å². The summed E-state index contributed by atoms with van der Waals surface area (Å²) in [5.41, 5.74) is 3.04. The number of hydrogen-bond donors (Lipinski definition) is 1. The molecule has 0 spiro atoms. The number of carbonyl (C=O) groups is 2. The fourth-order valence-electron chi connectivity index (χ4n) is 2.51. The predicted octanol–water partition coefficient (Wildman–Crippen LogP) is 3.50. The van der Waals surface area contributed by atoms with Crippen LogP contribution in [0, 0.1) is 13.8 Å². The van der Waals surface area contributed by atoms with Crippen LogP contribution in [0.25, 0.3) is 0 Å². The van der Waals surface area contributed by atoms with Crippen molar-refractivity contribution in [2.45, 2.75) is 20.8 Å². The van der Waals surface area contributed by atoms with Crippen LogP contribution in [0.5, 0.6) is 5.75 Å². The van der Waals surface area contributed by atoms with Gasteiger partial charge in [0.2, 0.25) is 5.91 Å². The minimum Gasteiger partial charge on any atom is -0.484 e. The van der Waals surface area contributed by atoms with Crippen molar-refractivity contribution >= 4 is 29.1 Å².